The molecule has 2 rings (SSSR count). The minimum Gasteiger partial charge on any atom is -0.397 e. The number of para-hydroxylation sites is 1. The summed E-state index contributed by atoms with van der Waals surface area (Å²) in [4.78, 5) is 14.2. The highest BCUT2D eigenvalue weighted by Gasteiger charge is 2.21. The number of nitrogens with two attached hydrogens (primary N) is 1. The monoisotopic (exact) mass is 277 g/mol. The van der Waals surface area contributed by atoms with Gasteiger partial charge in [0.2, 0.25) is 5.91 Å². The first-order valence-electron chi connectivity index (χ1n) is 7.08. The van der Waals surface area contributed by atoms with Crippen LogP contribution in [-0.2, 0) is 4.79 Å². The molecule has 1 aromatic rings. The molecule has 1 aliphatic heterocycles. The van der Waals surface area contributed by atoms with E-state index in [0.29, 0.717) is 23.8 Å². The van der Waals surface area contributed by atoms with E-state index in [0.717, 1.165) is 31.5 Å². The van der Waals surface area contributed by atoms with E-state index in [2.05, 4.69) is 10.2 Å². The molecule has 1 unspecified atom stereocenters. The highest BCUT2D eigenvalue weighted by molar-refractivity contribution is 5.96. The molecule has 0 aromatic heterocycles. The van der Waals surface area contributed by atoms with Crippen molar-refractivity contribution in [2.45, 2.75) is 19.8 Å². The molecule has 1 atom stereocenters. The molecule has 1 heterocycles. The second-order valence-corrected chi connectivity index (χ2v) is 5.51. The van der Waals surface area contributed by atoms with Gasteiger partial charge in [0.1, 0.15) is 0 Å². The van der Waals surface area contributed by atoms with Crippen molar-refractivity contribution < 1.29 is 9.90 Å². The van der Waals surface area contributed by atoms with Crippen LogP contribution in [0.25, 0.3) is 0 Å². The lowest BCUT2D eigenvalue weighted by molar-refractivity contribution is -0.117. The van der Waals surface area contributed by atoms with Crippen LogP contribution in [0.4, 0.5) is 11.4 Å². The number of hydrogen-bond acceptors (Lipinski definition) is 4. The van der Waals surface area contributed by atoms with E-state index >= 15 is 0 Å². The first kappa shape index (κ1) is 14.8. The van der Waals surface area contributed by atoms with Crippen molar-refractivity contribution in [2.24, 2.45) is 5.92 Å². The SMILES string of the molecule is Cc1cccc(N)c1NC(=O)CN1CCCC(CO)C1. The fourth-order valence-corrected chi connectivity index (χ4v) is 2.69. The normalized spacial score (nSPS) is 19.8. The fraction of sp³-hybridized carbons (Fsp3) is 0.533. The van der Waals surface area contributed by atoms with Gasteiger partial charge in [-0.15, -0.1) is 0 Å². The smallest absolute Gasteiger partial charge is 0.238 e. The number of piperidine rings is 1. The van der Waals surface area contributed by atoms with Gasteiger partial charge in [-0.25, -0.2) is 0 Å². The number of benzene rings is 1. The summed E-state index contributed by atoms with van der Waals surface area (Å²) >= 11 is 0. The Balaban J connectivity index is 1.92. The van der Waals surface area contributed by atoms with Crippen molar-refractivity contribution in [2.75, 3.05) is 37.3 Å². The van der Waals surface area contributed by atoms with Crippen LogP contribution in [-0.4, -0.2) is 42.2 Å². The number of amides is 1. The number of aliphatic hydroxyl groups excluding tert-OH is 1. The van der Waals surface area contributed by atoms with Crippen LogP contribution in [0.15, 0.2) is 18.2 Å². The van der Waals surface area contributed by atoms with E-state index in [-0.39, 0.29) is 12.5 Å². The van der Waals surface area contributed by atoms with Gasteiger partial charge in [0.25, 0.3) is 0 Å². The average molecular weight is 277 g/mol. The molecule has 0 radical (unpaired) electrons. The van der Waals surface area contributed by atoms with Crippen LogP contribution in [0, 0.1) is 12.8 Å². The summed E-state index contributed by atoms with van der Waals surface area (Å²) in [5, 5.41) is 12.1. The molecule has 0 saturated carbocycles. The summed E-state index contributed by atoms with van der Waals surface area (Å²) in [6, 6.07) is 5.58. The number of nitrogens with zero attached hydrogens (tertiary/aromatic N) is 1. The highest BCUT2D eigenvalue weighted by Crippen LogP contribution is 2.22. The van der Waals surface area contributed by atoms with Crippen molar-refractivity contribution in [3.8, 4) is 0 Å². The predicted molar refractivity (Wildman–Crippen MR) is 80.5 cm³/mol. The summed E-state index contributed by atoms with van der Waals surface area (Å²) < 4.78 is 0. The molecule has 1 aromatic carbocycles. The first-order chi connectivity index (χ1) is 9.60. The number of rotatable bonds is 4. The zero-order valence-corrected chi connectivity index (χ0v) is 11.9. The van der Waals surface area contributed by atoms with Gasteiger partial charge in [-0.3, -0.25) is 9.69 Å². The minimum absolute atomic E-state index is 0.0513. The van der Waals surface area contributed by atoms with Crippen LogP contribution in [0.2, 0.25) is 0 Å². The maximum absolute atomic E-state index is 12.1. The number of nitrogen functional groups attached to an aromatic ring is 1. The van der Waals surface area contributed by atoms with E-state index in [1.54, 1.807) is 6.07 Å². The Morgan fingerprint density at radius 3 is 3.05 bits per heavy atom. The van der Waals surface area contributed by atoms with Gasteiger partial charge in [0.15, 0.2) is 0 Å². The third-order valence-corrected chi connectivity index (χ3v) is 3.80. The molecule has 0 bridgehead atoms. The zero-order chi connectivity index (χ0) is 14.5. The summed E-state index contributed by atoms with van der Waals surface area (Å²) in [6.45, 7) is 4.17. The third kappa shape index (κ3) is 3.71. The lowest BCUT2D eigenvalue weighted by Gasteiger charge is -2.31. The number of likely N-dealkylation sites (tertiary alicyclic amines) is 1. The Morgan fingerprint density at radius 2 is 2.35 bits per heavy atom. The number of aryl methyl sites for hydroxylation is 1. The van der Waals surface area contributed by atoms with E-state index < -0.39 is 0 Å². The Hall–Kier alpha value is -1.59. The second kappa shape index (κ2) is 6.72. The van der Waals surface area contributed by atoms with Gasteiger partial charge in [-0.05, 0) is 43.9 Å². The standard InChI is InChI=1S/C15H23N3O2/c1-11-4-2-6-13(16)15(11)17-14(20)9-18-7-3-5-12(8-18)10-19/h2,4,6,12,19H,3,5,7-10,16H2,1H3,(H,17,20). The number of aliphatic hydroxyl groups is 1. The van der Waals surface area contributed by atoms with Gasteiger partial charge in [-0.2, -0.15) is 0 Å². The minimum atomic E-state index is -0.0513. The van der Waals surface area contributed by atoms with Crippen LogP contribution in [0.5, 0.6) is 0 Å². The molecule has 1 fully saturated rings. The van der Waals surface area contributed by atoms with Crippen molar-refractivity contribution in [1.82, 2.24) is 4.90 Å². The van der Waals surface area contributed by atoms with E-state index in [9.17, 15) is 9.90 Å². The van der Waals surface area contributed by atoms with Crippen LogP contribution < -0.4 is 11.1 Å². The number of carbonyl (C=O) groups is 1. The van der Waals surface area contributed by atoms with Gasteiger partial charge < -0.3 is 16.2 Å². The van der Waals surface area contributed by atoms with Crippen LogP contribution >= 0.6 is 0 Å². The highest BCUT2D eigenvalue weighted by atomic mass is 16.3. The van der Waals surface area contributed by atoms with Gasteiger partial charge >= 0.3 is 0 Å². The maximum atomic E-state index is 12.1. The van der Waals surface area contributed by atoms with Gasteiger partial charge in [-0.1, -0.05) is 12.1 Å². The number of carbonyl (C=O) groups excluding carboxylic acids is 1. The van der Waals surface area contributed by atoms with E-state index in [1.165, 1.54) is 0 Å². The molecule has 1 amide bonds. The molecule has 1 aliphatic rings. The van der Waals surface area contributed by atoms with Gasteiger partial charge in [0.05, 0.1) is 17.9 Å². The van der Waals surface area contributed by atoms with Crippen LogP contribution in [0.3, 0.4) is 0 Å². The number of anilines is 2. The molecule has 0 aliphatic carbocycles. The largest absolute Gasteiger partial charge is 0.397 e. The predicted octanol–water partition coefficient (Wildman–Crippen LogP) is 1.22. The molecule has 1 saturated heterocycles. The summed E-state index contributed by atoms with van der Waals surface area (Å²) in [5.41, 5.74) is 8.14. The van der Waals surface area contributed by atoms with E-state index in [4.69, 9.17) is 5.73 Å². The summed E-state index contributed by atoms with van der Waals surface area (Å²) in [5.74, 6) is 0.240. The molecule has 5 heteroatoms. The Bertz CT molecular complexity index is 456. The van der Waals surface area contributed by atoms with Crippen LogP contribution in [0.1, 0.15) is 18.4 Å². The molecule has 0 spiro atoms. The molecule has 110 valence electrons. The third-order valence-electron chi connectivity index (χ3n) is 3.80. The molecular formula is C15H23N3O2. The lowest BCUT2D eigenvalue weighted by Crippen LogP contribution is -2.41. The number of nitrogens with one attached hydrogen (secondary N) is 1. The van der Waals surface area contributed by atoms with Crippen molar-refractivity contribution >= 4 is 17.3 Å². The van der Waals surface area contributed by atoms with Crippen molar-refractivity contribution in [3.63, 3.8) is 0 Å². The average Bonchev–Trinajstić information content (AvgIpc) is 2.43. The Morgan fingerprint density at radius 1 is 1.55 bits per heavy atom. The molecular weight excluding hydrogens is 254 g/mol. The van der Waals surface area contributed by atoms with Crippen molar-refractivity contribution in [3.05, 3.63) is 23.8 Å². The van der Waals surface area contributed by atoms with Crippen molar-refractivity contribution in [1.29, 1.82) is 0 Å². The Labute approximate surface area is 119 Å². The van der Waals surface area contributed by atoms with Gasteiger partial charge in [0, 0.05) is 13.2 Å². The summed E-state index contributed by atoms with van der Waals surface area (Å²) in [7, 11) is 0. The fourth-order valence-electron chi connectivity index (χ4n) is 2.69. The Kier molecular flexibility index (Phi) is 4.98. The van der Waals surface area contributed by atoms with E-state index in [1.807, 2.05) is 19.1 Å². The second-order valence-electron chi connectivity index (χ2n) is 5.51. The molecule has 20 heavy (non-hydrogen) atoms. The molecule has 5 nitrogen and oxygen atoms in total. The quantitative estimate of drug-likeness (QED) is 0.723. The zero-order valence-electron chi connectivity index (χ0n) is 11.9. The number of hydrogen-bond donors (Lipinski definition) is 3. The molecule has 4 N–H and O–H groups in total. The summed E-state index contributed by atoms with van der Waals surface area (Å²) in [6.07, 6.45) is 2.07. The maximum Gasteiger partial charge on any atom is 0.238 e. The lowest BCUT2D eigenvalue weighted by atomic mass is 9.99. The topological polar surface area (TPSA) is 78.6 Å². The first-order valence-corrected chi connectivity index (χ1v) is 7.08.